The highest BCUT2D eigenvalue weighted by Crippen LogP contribution is 2.20. The first kappa shape index (κ1) is 35.9. The summed E-state index contributed by atoms with van der Waals surface area (Å²) in [5.74, 6) is 1.87. The minimum Gasteiger partial charge on any atom is -0.491 e. The summed E-state index contributed by atoms with van der Waals surface area (Å²) in [7, 11) is -3.80. The van der Waals surface area contributed by atoms with Gasteiger partial charge in [-0.2, -0.15) is 8.42 Å². The van der Waals surface area contributed by atoms with Gasteiger partial charge in [-0.15, -0.1) is 4.40 Å². The number of hydrogen-bond donors (Lipinski definition) is 4. The fourth-order valence-electron chi connectivity index (χ4n) is 5.06. The van der Waals surface area contributed by atoms with E-state index in [-0.39, 0.29) is 23.8 Å². The number of anilines is 1. The van der Waals surface area contributed by atoms with Gasteiger partial charge in [0.15, 0.2) is 11.7 Å². The Labute approximate surface area is 279 Å². The minimum atomic E-state index is -3.80. The van der Waals surface area contributed by atoms with Crippen molar-refractivity contribution in [3.63, 3.8) is 0 Å². The van der Waals surface area contributed by atoms with Gasteiger partial charge in [-0.3, -0.25) is 4.99 Å². The molecule has 11 heteroatoms. The molecule has 0 saturated heterocycles. The highest BCUT2D eigenvalue weighted by Gasteiger charge is 2.26. The molecule has 10 nitrogen and oxygen atoms in total. The van der Waals surface area contributed by atoms with Gasteiger partial charge in [0.05, 0.1) is 0 Å². The Hall–Kier alpha value is -3.93. The molecule has 0 spiro atoms. The van der Waals surface area contributed by atoms with Crippen molar-refractivity contribution >= 4 is 27.6 Å². The third-order valence-electron chi connectivity index (χ3n) is 7.64. The topological polar surface area (TPSA) is 134 Å². The average Bonchev–Trinajstić information content (AvgIpc) is 3.35. The van der Waals surface area contributed by atoms with Gasteiger partial charge < -0.3 is 25.2 Å². The van der Waals surface area contributed by atoms with E-state index in [0.29, 0.717) is 37.6 Å². The van der Waals surface area contributed by atoms with Crippen LogP contribution in [0.2, 0.25) is 0 Å². The molecule has 254 valence electrons. The van der Waals surface area contributed by atoms with Gasteiger partial charge in [0.25, 0.3) is 0 Å². The summed E-state index contributed by atoms with van der Waals surface area (Å²) in [4.78, 5) is 4.46. The number of benzene rings is 3. The second-order valence-corrected chi connectivity index (χ2v) is 13.8. The summed E-state index contributed by atoms with van der Waals surface area (Å²) in [6.45, 7) is 7.92. The summed E-state index contributed by atoms with van der Waals surface area (Å²) >= 11 is 0. The maximum absolute atomic E-state index is 12.1. The fraction of sp³-hybridized carbons (Fsp3) is 0.444. The Kier molecular flexibility index (Phi) is 13.6. The van der Waals surface area contributed by atoms with Crippen LogP contribution in [0.5, 0.6) is 11.5 Å². The van der Waals surface area contributed by atoms with Crippen LogP contribution >= 0.6 is 0 Å². The normalized spacial score (nSPS) is 15.6. The molecular weight excluding hydrogens is 614 g/mol. The van der Waals surface area contributed by atoms with Crippen molar-refractivity contribution in [2.75, 3.05) is 25.0 Å². The zero-order chi connectivity index (χ0) is 33.5. The lowest BCUT2D eigenvalue weighted by atomic mass is 9.94. The summed E-state index contributed by atoms with van der Waals surface area (Å²) in [6, 6.07) is 25.1. The quantitative estimate of drug-likeness (QED) is 0.115. The number of hydrogen-bond acceptors (Lipinski definition) is 8. The van der Waals surface area contributed by atoms with Gasteiger partial charge in [0.2, 0.25) is 0 Å². The van der Waals surface area contributed by atoms with Crippen molar-refractivity contribution < 1.29 is 23.0 Å². The monoisotopic (exact) mass is 663 g/mol. The molecule has 0 saturated carbocycles. The molecule has 0 radical (unpaired) electrons. The lowest BCUT2D eigenvalue weighted by molar-refractivity contribution is 0.0988. The second kappa shape index (κ2) is 17.8. The van der Waals surface area contributed by atoms with Gasteiger partial charge in [0, 0.05) is 24.3 Å². The van der Waals surface area contributed by atoms with E-state index in [1.807, 2.05) is 78.9 Å². The van der Waals surface area contributed by atoms with Crippen molar-refractivity contribution in [3.8, 4) is 11.5 Å². The van der Waals surface area contributed by atoms with E-state index in [1.54, 1.807) is 0 Å². The summed E-state index contributed by atoms with van der Waals surface area (Å²) < 4.78 is 42.0. The van der Waals surface area contributed by atoms with Crippen LogP contribution in [0.1, 0.15) is 70.4 Å². The molecular formula is C36H49N5O5S. The summed E-state index contributed by atoms with van der Waals surface area (Å²) in [5, 5.41) is 17.1. The third kappa shape index (κ3) is 13.0. The number of amidine groups is 2. The lowest BCUT2D eigenvalue weighted by Gasteiger charge is -2.28. The van der Waals surface area contributed by atoms with Crippen LogP contribution in [0, 0.1) is 0 Å². The molecule has 0 fully saturated rings. The van der Waals surface area contributed by atoms with Gasteiger partial charge in [-0.05, 0) is 74.2 Å². The first-order chi connectivity index (χ1) is 22.6. The maximum atomic E-state index is 12.1. The van der Waals surface area contributed by atoms with Crippen LogP contribution in [0.25, 0.3) is 0 Å². The molecule has 0 aliphatic carbocycles. The van der Waals surface area contributed by atoms with Crippen LogP contribution in [-0.4, -0.2) is 56.5 Å². The number of β-amino-alcohol motifs (C(OH)–C–C–N with tert-alkyl or cyclic N) is 1. The largest absolute Gasteiger partial charge is 0.491 e. The lowest BCUT2D eigenvalue weighted by Crippen LogP contribution is -2.46. The van der Waals surface area contributed by atoms with Gasteiger partial charge in [-0.1, -0.05) is 81.5 Å². The number of nitrogens with one attached hydrogen (secondary N) is 3. The standard InChI is InChI=1S/C36H49N5O5S/c1-4-5-6-7-8-12-23-37-34-35(41-47(43,44)40-34)39-30-17-15-28(16-18-30)24-36(2,3)38-25-31(42)27-46-33-21-19-32(20-22-33)45-26-29-13-10-9-11-14-29/h9-11,13-22,31,38,42H,4-8,12,23-27H2,1-3H3,(H,37,40)(H,39,41)/t31-/m0/s1. The van der Waals surface area contributed by atoms with E-state index in [9.17, 15) is 13.5 Å². The molecule has 1 aliphatic rings. The third-order valence-corrected chi connectivity index (χ3v) is 8.51. The van der Waals surface area contributed by atoms with E-state index < -0.39 is 16.3 Å². The smallest absolute Gasteiger partial charge is 0.345 e. The van der Waals surface area contributed by atoms with Gasteiger partial charge in [-0.25, -0.2) is 4.72 Å². The number of aliphatic hydroxyl groups excluding tert-OH is 1. The summed E-state index contributed by atoms with van der Waals surface area (Å²) in [6.07, 6.45) is 6.83. The zero-order valence-electron chi connectivity index (χ0n) is 27.7. The Morgan fingerprint density at radius 3 is 2.23 bits per heavy atom. The molecule has 3 aromatic carbocycles. The Morgan fingerprint density at radius 2 is 1.53 bits per heavy atom. The number of aliphatic imine (C=N–C) groups is 1. The molecule has 4 rings (SSSR count). The first-order valence-corrected chi connectivity index (χ1v) is 17.9. The van der Waals surface area contributed by atoms with Gasteiger partial charge >= 0.3 is 10.2 Å². The molecule has 1 atom stereocenters. The van der Waals surface area contributed by atoms with E-state index in [2.05, 4.69) is 45.5 Å². The average molecular weight is 664 g/mol. The molecule has 47 heavy (non-hydrogen) atoms. The maximum Gasteiger partial charge on any atom is 0.345 e. The highest BCUT2D eigenvalue weighted by atomic mass is 32.2. The molecule has 0 bridgehead atoms. The number of unbranched alkanes of at least 4 members (excludes halogenated alkanes) is 5. The van der Waals surface area contributed by atoms with Crippen molar-refractivity contribution in [2.24, 2.45) is 9.39 Å². The van der Waals surface area contributed by atoms with Crippen LogP contribution in [0.3, 0.4) is 0 Å². The highest BCUT2D eigenvalue weighted by molar-refractivity contribution is 7.89. The molecule has 3 aromatic rings. The van der Waals surface area contributed by atoms with E-state index >= 15 is 0 Å². The second-order valence-electron chi connectivity index (χ2n) is 12.5. The molecule has 1 heterocycles. The Balaban J connectivity index is 1.18. The van der Waals surface area contributed by atoms with Crippen LogP contribution in [-0.2, 0) is 23.2 Å². The van der Waals surface area contributed by atoms with Gasteiger partial charge in [0.1, 0.15) is 30.8 Å². The van der Waals surface area contributed by atoms with Crippen LogP contribution in [0.4, 0.5) is 5.69 Å². The van der Waals surface area contributed by atoms with E-state index in [1.165, 1.54) is 25.7 Å². The predicted octanol–water partition coefficient (Wildman–Crippen LogP) is 6.03. The number of nitrogens with zero attached hydrogens (tertiary/aromatic N) is 2. The molecule has 0 amide bonds. The van der Waals surface area contributed by atoms with E-state index in [4.69, 9.17) is 9.47 Å². The van der Waals surface area contributed by atoms with Crippen molar-refractivity contribution in [1.82, 2.24) is 10.0 Å². The van der Waals surface area contributed by atoms with Crippen molar-refractivity contribution in [1.29, 1.82) is 0 Å². The van der Waals surface area contributed by atoms with E-state index in [0.717, 1.165) is 29.7 Å². The van der Waals surface area contributed by atoms with Crippen LogP contribution in [0.15, 0.2) is 88.3 Å². The van der Waals surface area contributed by atoms with Crippen molar-refractivity contribution in [2.45, 2.75) is 84.0 Å². The fourth-order valence-corrected chi connectivity index (χ4v) is 5.89. The zero-order valence-corrected chi connectivity index (χ0v) is 28.6. The molecule has 1 aliphatic heterocycles. The summed E-state index contributed by atoms with van der Waals surface area (Å²) in [5.41, 5.74) is 2.61. The molecule has 0 aromatic heterocycles. The first-order valence-electron chi connectivity index (χ1n) is 16.5. The number of rotatable bonds is 19. The number of ether oxygens (including phenoxy) is 2. The van der Waals surface area contributed by atoms with Crippen molar-refractivity contribution in [3.05, 3.63) is 90.0 Å². The Morgan fingerprint density at radius 1 is 0.872 bits per heavy atom. The Bertz CT molecular complexity index is 1540. The molecule has 4 N–H and O–H groups in total. The predicted molar refractivity (Wildman–Crippen MR) is 190 cm³/mol. The van der Waals surface area contributed by atoms with Crippen LogP contribution < -0.4 is 24.8 Å². The number of aliphatic hydroxyl groups is 1. The minimum absolute atomic E-state index is 0.159. The SMILES string of the molecule is CCCCCCCCN=C1NS(=O)(=O)N=C1Nc1ccc(CC(C)(C)NC[C@H](O)COc2ccc(OCc3ccccc3)cc2)cc1. The molecule has 0 unspecified atom stereocenters.